The Kier molecular flexibility index (Phi) is 5.12. The van der Waals surface area contributed by atoms with Crippen LogP contribution in [0.25, 0.3) is 5.70 Å². The van der Waals surface area contributed by atoms with Crippen LogP contribution >= 0.6 is 11.6 Å². The molecule has 1 heterocycles. The van der Waals surface area contributed by atoms with Gasteiger partial charge in [0.2, 0.25) is 0 Å². The summed E-state index contributed by atoms with van der Waals surface area (Å²) in [5.41, 5.74) is 3.60. The molecule has 1 aliphatic carbocycles. The van der Waals surface area contributed by atoms with Crippen molar-refractivity contribution < 1.29 is 23.8 Å². The molecule has 1 unspecified atom stereocenters. The molecule has 4 rings (SSSR count). The summed E-state index contributed by atoms with van der Waals surface area (Å²) in [4.78, 5) is 30.8. The smallest absolute Gasteiger partial charge is 0.315 e. The number of carbonyl (C=O) groups excluding carboxylic acids is 2. The van der Waals surface area contributed by atoms with E-state index in [0.717, 1.165) is 5.56 Å². The second-order valence-corrected chi connectivity index (χ2v) is 7.51. The Balaban J connectivity index is 1.98. The molecule has 2 aliphatic rings. The second kappa shape index (κ2) is 7.61. The topological polar surface area (TPSA) is 74.2 Å². The maximum Gasteiger partial charge on any atom is 0.315 e. The number of nitrogens with zero attached hydrogens (tertiary/aromatic N) is 1. The van der Waals surface area contributed by atoms with E-state index >= 15 is 0 Å². The van der Waals surface area contributed by atoms with Crippen molar-refractivity contribution in [2.75, 3.05) is 21.3 Å². The van der Waals surface area contributed by atoms with E-state index in [1.165, 1.54) is 21.3 Å². The molecule has 0 radical (unpaired) electrons. The van der Waals surface area contributed by atoms with E-state index in [2.05, 4.69) is 4.99 Å². The number of rotatable bonds is 4. The predicted molar refractivity (Wildman–Crippen MR) is 114 cm³/mol. The summed E-state index contributed by atoms with van der Waals surface area (Å²) < 4.78 is 15.8. The van der Waals surface area contributed by atoms with Crippen molar-refractivity contribution in [1.29, 1.82) is 0 Å². The van der Waals surface area contributed by atoms with Crippen LogP contribution in [-0.4, -0.2) is 38.8 Å². The van der Waals surface area contributed by atoms with E-state index in [4.69, 9.17) is 25.8 Å². The lowest BCUT2D eigenvalue weighted by Crippen LogP contribution is -2.34. The summed E-state index contributed by atoms with van der Waals surface area (Å²) in [5, 5.41) is 0.320. The van der Waals surface area contributed by atoms with E-state index < -0.39 is 17.8 Å². The quantitative estimate of drug-likeness (QED) is 0.682. The molecule has 0 fully saturated rings. The first kappa shape index (κ1) is 20.2. The van der Waals surface area contributed by atoms with Crippen molar-refractivity contribution in [3.63, 3.8) is 0 Å². The van der Waals surface area contributed by atoms with Gasteiger partial charge in [-0.15, -0.1) is 0 Å². The van der Waals surface area contributed by atoms with Gasteiger partial charge in [0.15, 0.2) is 17.3 Å². The van der Waals surface area contributed by atoms with Crippen molar-refractivity contribution in [3.05, 3.63) is 63.7 Å². The highest BCUT2D eigenvalue weighted by atomic mass is 35.5. The molecule has 7 heteroatoms. The molecule has 0 aromatic heterocycles. The third kappa shape index (κ3) is 2.91. The van der Waals surface area contributed by atoms with E-state index in [9.17, 15) is 9.59 Å². The fraction of sp³-hybridized carbons (Fsp3) is 0.261. The summed E-state index contributed by atoms with van der Waals surface area (Å²) in [5.74, 6) is -1.21. The molecular weight excluding hydrogens is 406 g/mol. The highest BCUT2D eigenvalue weighted by molar-refractivity contribution is 6.32. The van der Waals surface area contributed by atoms with E-state index in [0.29, 0.717) is 44.6 Å². The summed E-state index contributed by atoms with van der Waals surface area (Å²) in [6.07, 6.45) is 0. The molecule has 2 aromatic rings. The summed E-state index contributed by atoms with van der Waals surface area (Å²) in [7, 11) is 4.32. The number of halogens is 1. The molecule has 0 amide bonds. The number of allylic oxidation sites excluding steroid dienone is 1. The minimum absolute atomic E-state index is 0.151. The maximum atomic E-state index is 13.4. The van der Waals surface area contributed by atoms with Crippen LogP contribution in [0.2, 0.25) is 5.02 Å². The van der Waals surface area contributed by atoms with Crippen LogP contribution < -0.4 is 9.47 Å². The predicted octanol–water partition coefficient (Wildman–Crippen LogP) is 4.31. The lowest BCUT2D eigenvalue weighted by Gasteiger charge is -2.30. The molecule has 6 nitrogen and oxygen atoms in total. The zero-order chi connectivity index (χ0) is 21.6. The molecule has 154 valence electrons. The number of Topliss-reactive ketones (excluding diaryl/α,β-unsaturated/α-hetero) is 1. The minimum Gasteiger partial charge on any atom is -0.493 e. The zero-order valence-corrected chi connectivity index (χ0v) is 17.7. The van der Waals surface area contributed by atoms with Gasteiger partial charge in [-0.1, -0.05) is 35.9 Å². The van der Waals surface area contributed by atoms with Crippen molar-refractivity contribution in [2.24, 2.45) is 10.9 Å². The Labute approximate surface area is 179 Å². The second-order valence-electron chi connectivity index (χ2n) is 7.11. The van der Waals surface area contributed by atoms with E-state index in [1.807, 2.05) is 18.2 Å². The van der Waals surface area contributed by atoms with Gasteiger partial charge in [0.05, 0.1) is 32.0 Å². The van der Waals surface area contributed by atoms with Crippen molar-refractivity contribution in [2.45, 2.75) is 12.8 Å². The molecule has 0 bridgehead atoms. The number of esters is 1. The molecule has 30 heavy (non-hydrogen) atoms. The van der Waals surface area contributed by atoms with Crippen molar-refractivity contribution >= 4 is 34.8 Å². The maximum absolute atomic E-state index is 13.4. The van der Waals surface area contributed by atoms with Gasteiger partial charge in [0.1, 0.15) is 5.92 Å². The van der Waals surface area contributed by atoms with Crippen molar-refractivity contribution in [3.8, 4) is 11.5 Å². The first-order chi connectivity index (χ1) is 14.4. The van der Waals surface area contributed by atoms with Gasteiger partial charge in [-0.25, -0.2) is 0 Å². The lowest BCUT2D eigenvalue weighted by atomic mass is 9.75. The first-order valence-corrected chi connectivity index (χ1v) is 9.73. The highest BCUT2D eigenvalue weighted by Gasteiger charge is 2.46. The van der Waals surface area contributed by atoms with Crippen LogP contribution in [-0.2, 0) is 9.53 Å². The monoisotopic (exact) mass is 425 g/mol. The minimum atomic E-state index is -0.763. The Hall–Kier alpha value is -3.12. The van der Waals surface area contributed by atoms with Crippen LogP contribution in [0, 0.1) is 5.92 Å². The van der Waals surface area contributed by atoms with Crippen LogP contribution in [0.3, 0.4) is 0 Å². The SMILES string of the molecule is COC(=O)C1C(C)=NC2=C(C(=O)c3ccccc32)[C@@H]1c1cc(Cl)c(OC)c(OC)c1. The van der Waals surface area contributed by atoms with Gasteiger partial charge >= 0.3 is 5.97 Å². The number of hydrogen-bond acceptors (Lipinski definition) is 6. The number of ether oxygens (including phenoxy) is 3. The fourth-order valence-electron chi connectivity index (χ4n) is 4.26. The Morgan fingerprint density at radius 1 is 1.07 bits per heavy atom. The zero-order valence-electron chi connectivity index (χ0n) is 17.0. The number of hydrogen-bond donors (Lipinski definition) is 0. The molecule has 0 spiro atoms. The average molecular weight is 426 g/mol. The fourth-order valence-corrected chi connectivity index (χ4v) is 4.55. The number of aliphatic imine (C=N–C) groups is 1. The summed E-state index contributed by atoms with van der Waals surface area (Å²) in [6.45, 7) is 1.77. The Morgan fingerprint density at radius 2 is 1.77 bits per heavy atom. The van der Waals surface area contributed by atoms with Crippen LogP contribution in [0.15, 0.2) is 47.0 Å². The number of fused-ring (bicyclic) bond motifs is 2. The number of ketones is 1. The van der Waals surface area contributed by atoms with Gasteiger partial charge < -0.3 is 14.2 Å². The van der Waals surface area contributed by atoms with E-state index in [1.54, 1.807) is 25.1 Å². The first-order valence-electron chi connectivity index (χ1n) is 9.35. The summed E-state index contributed by atoms with van der Waals surface area (Å²) >= 11 is 6.45. The normalized spacial score (nSPS) is 19.8. The lowest BCUT2D eigenvalue weighted by molar-refractivity contribution is -0.143. The third-order valence-electron chi connectivity index (χ3n) is 5.58. The Bertz CT molecular complexity index is 1130. The molecule has 0 N–H and O–H groups in total. The highest BCUT2D eigenvalue weighted by Crippen LogP contribution is 2.50. The third-order valence-corrected chi connectivity index (χ3v) is 5.86. The molecular formula is C23H20ClNO5. The van der Waals surface area contributed by atoms with E-state index in [-0.39, 0.29) is 5.78 Å². The van der Waals surface area contributed by atoms with Gasteiger partial charge in [-0.3, -0.25) is 14.6 Å². The number of methoxy groups -OCH3 is 3. The Morgan fingerprint density at radius 3 is 2.40 bits per heavy atom. The van der Waals surface area contributed by atoms with Crippen LogP contribution in [0.4, 0.5) is 0 Å². The largest absolute Gasteiger partial charge is 0.493 e. The number of carbonyl (C=O) groups is 2. The molecule has 1 aliphatic heterocycles. The van der Waals surface area contributed by atoms with Gasteiger partial charge in [-0.05, 0) is 24.6 Å². The molecule has 2 atom stereocenters. The molecule has 2 aromatic carbocycles. The van der Waals surface area contributed by atoms with Gasteiger partial charge in [0.25, 0.3) is 0 Å². The van der Waals surface area contributed by atoms with Crippen LogP contribution in [0.1, 0.15) is 34.3 Å². The van der Waals surface area contributed by atoms with Gasteiger partial charge in [-0.2, -0.15) is 0 Å². The molecule has 0 saturated heterocycles. The standard InChI is InChI=1S/C23H20ClNO5/c1-11-17(23(27)30-4)18(12-9-15(24)22(29-3)16(10-12)28-2)19-20(25-11)13-7-5-6-8-14(13)21(19)26/h5-10,17-18H,1-4H3/t17?,18-/m1/s1. The van der Waals surface area contributed by atoms with Crippen molar-refractivity contribution in [1.82, 2.24) is 0 Å². The summed E-state index contributed by atoms with van der Waals surface area (Å²) in [6, 6.07) is 10.7. The molecule has 0 saturated carbocycles. The number of benzene rings is 2. The van der Waals surface area contributed by atoms with Crippen LogP contribution in [0.5, 0.6) is 11.5 Å². The van der Waals surface area contributed by atoms with Gasteiger partial charge in [0, 0.05) is 28.3 Å². The average Bonchev–Trinajstić information content (AvgIpc) is 3.03.